The van der Waals surface area contributed by atoms with Crippen molar-refractivity contribution in [3.63, 3.8) is 0 Å². The average Bonchev–Trinajstić information content (AvgIpc) is 2.66. The van der Waals surface area contributed by atoms with Crippen LogP contribution in [0.2, 0.25) is 0 Å². The van der Waals surface area contributed by atoms with Crippen molar-refractivity contribution in [2.75, 3.05) is 11.9 Å². The first-order valence-corrected chi connectivity index (χ1v) is 6.11. The number of hydrogen-bond acceptors (Lipinski definition) is 3. The van der Waals surface area contributed by atoms with Crippen LogP contribution in [0, 0.1) is 11.8 Å². The zero-order chi connectivity index (χ0) is 11.3. The van der Waals surface area contributed by atoms with E-state index in [1.165, 1.54) is 0 Å². The van der Waals surface area contributed by atoms with Gasteiger partial charge in [-0.2, -0.15) is 11.3 Å². The van der Waals surface area contributed by atoms with Gasteiger partial charge in [0.2, 0.25) is 5.91 Å². The molecule has 0 aromatic carbocycles. The van der Waals surface area contributed by atoms with Crippen LogP contribution in [0.15, 0.2) is 16.8 Å². The van der Waals surface area contributed by atoms with Crippen LogP contribution >= 0.6 is 11.3 Å². The molecule has 0 aliphatic rings. The summed E-state index contributed by atoms with van der Waals surface area (Å²) in [7, 11) is 0. The maximum absolute atomic E-state index is 11.8. The Morgan fingerprint density at radius 2 is 2.33 bits per heavy atom. The summed E-state index contributed by atoms with van der Waals surface area (Å²) in [6.45, 7) is 4.61. The number of anilines is 1. The van der Waals surface area contributed by atoms with Crippen LogP contribution in [0.1, 0.15) is 20.3 Å². The van der Waals surface area contributed by atoms with Gasteiger partial charge in [-0.1, -0.05) is 13.8 Å². The van der Waals surface area contributed by atoms with Crippen LogP contribution in [0.3, 0.4) is 0 Å². The highest BCUT2D eigenvalue weighted by molar-refractivity contribution is 7.08. The van der Waals surface area contributed by atoms with Crippen LogP contribution in [-0.2, 0) is 4.79 Å². The summed E-state index contributed by atoms with van der Waals surface area (Å²) in [6.07, 6.45) is 0.840. The Labute approximate surface area is 94.7 Å². The van der Waals surface area contributed by atoms with Crippen LogP contribution in [-0.4, -0.2) is 12.5 Å². The van der Waals surface area contributed by atoms with Crippen molar-refractivity contribution in [2.45, 2.75) is 20.3 Å². The number of carbonyl (C=O) groups is 1. The minimum absolute atomic E-state index is 0.0320. The van der Waals surface area contributed by atoms with Gasteiger partial charge in [-0.15, -0.1) is 0 Å². The number of nitrogens with two attached hydrogens (primary N) is 1. The van der Waals surface area contributed by atoms with Gasteiger partial charge in [-0.25, -0.2) is 0 Å². The van der Waals surface area contributed by atoms with E-state index in [1.54, 1.807) is 11.3 Å². The minimum atomic E-state index is -0.0788. The van der Waals surface area contributed by atoms with Gasteiger partial charge >= 0.3 is 0 Å². The summed E-state index contributed by atoms with van der Waals surface area (Å²) in [5.41, 5.74) is 6.46. The van der Waals surface area contributed by atoms with E-state index >= 15 is 0 Å². The van der Waals surface area contributed by atoms with Crippen molar-refractivity contribution < 1.29 is 4.79 Å². The highest BCUT2D eigenvalue weighted by Gasteiger charge is 2.18. The lowest BCUT2D eigenvalue weighted by Crippen LogP contribution is -2.30. The zero-order valence-electron chi connectivity index (χ0n) is 9.19. The Balaban J connectivity index is 2.50. The van der Waals surface area contributed by atoms with Gasteiger partial charge in [0, 0.05) is 11.9 Å². The minimum Gasteiger partial charge on any atom is -0.330 e. The summed E-state index contributed by atoms with van der Waals surface area (Å²) in [6, 6.07) is 1.89. The van der Waals surface area contributed by atoms with E-state index in [0.29, 0.717) is 12.5 Å². The average molecular weight is 226 g/mol. The molecular weight excluding hydrogens is 208 g/mol. The van der Waals surface area contributed by atoms with Crippen molar-refractivity contribution >= 4 is 22.9 Å². The summed E-state index contributed by atoms with van der Waals surface area (Å²) in [5, 5.41) is 6.73. The van der Waals surface area contributed by atoms with E-state index in [4.69, 9.17) is 5.73 Å². The molecule has 3 N–H and O–H groups in total. The van der Waals surface area contributed by atoms with E-state index in [2.05, 4.69) is 19.2 Å². The van der Waals surface area contributed by atoms with E-state index in [0.717, 1.165) is 12.1 Å². The number of nitrogens with one attached hydrogen (secondary N) is 1. The first-order chi connectivity index (χ1) is 7.13. The summed E-state index contributed by atoms with van der Waals surface area (Å²) in [4.78, 5) is 11.8. The lowest BCUT2D eigenvalue weighted by atomic mass is 9.96. The molecule has 0 saturated carbocycles. The first-order valence-electron chi connectivity index (χ1n) is 5.16. The molecule has 15 heavy (non-hydrogen) atoms. The SMILES string of the molecule is CC(C)CC(CN)C(=O)Nc1ccsc1. The second-order valence-electron chi connectivity index (χ2n) is 4.06. The standard InChI is InChI=1S/C11H18N2OS/c1-8(2)5-9(6-12)11(14)13-10-3-4-15-7-10/h3-4,7-9H,5-6,12H2,1-2H3,(H,13,14). The Hall–Kier alpha value is -0.870. The Morgan fingerprint density at radius 3 is 2.80 bits per heavy atom. The highest BCUT2D eigenvalue weighted by atomic mass is 32.1. The van der Waals surface area contributed by atoms with Crippen LogP contribution in [0.5, 0.6) is 0 Å². The van der Waals surface area contributed by atoms with Gasteiger partial charge in [-0.05, 0) is 23.8 Å². The van der Waals surface area contributed by atoms with Gasteiger partial charge in [-0.3, -0.25) is 4.79 Å². The Kier molecular flexibility index (Phi) is 4.78. The topological polar surface area (TPSA) is 55.1 Å². The van der Waals surface area contributed by atoms with Gasteiger partial charge in [0.15, 0.2) is 0 Å². The normalized spacial score (nSPS) is 12.8. The van der Waals surface area contributed by atoms with Crippen molar-refractivity contribution in [2.24, 2.45) is 17.6 Å². The molecule has 1 amide bonds. The summed E-state index contributed by atoms with van der Waals surface area (Å²) >= 11 is 1.57. The van der Waals surface area contributed by atoms with E-state index < -0.39 is 0 Å². The lowest BCUT2D eigenvalue weighted by molar-refractivity contribution is -0.120. The maximum atomic E-state index is 11.8. The smallest absolute Gasteiger partial charge is 0.228 e. The summed E-state index contributed by atoms with van der Waals surface area (Å²) < 4.78 is 0. The second kappa shape index (κ2) is 5.88. The molecule has 1 unspecified atom stereocenters. The molecule has 84 valence electrons. The largest absolute Gasteiger partial charge is 0.330 e. The molecular formula is C11H18N2OS. The molecule has 1 atom stereocenters. The van der Waals surface area contributed by atoms with E-state index in [-0.39, 0.29) is 11.8 Å². The highest BCUT2D eigenvalue weighted by Crippen LogP contribution is 2.16. The van der Waals surface area contributed by atoms with Crippen LogP contribution in [0.25, 0.3) is 0 Å². The third-order valence-corrected chi connectivity index (χ3v) is 2.88. The monoisotopic (exact) mass is 226 g/mol. The lowest BCUT2D eigenvalue weighted by Gasteiger charge is -2.16. The fraction of sp³-hybridized carbons (Fsp3) is 0.545. The molecule has 4 heteroatoms. The molecule has 0 saturated heterocycles. The number of thiophene rings is 1. The molecule has 0 fully saturated rings. The molecule has 0 radical (unpaired) electrons. The van der Waals surface area contributed by atoms with Crippen molar-refractivity contribution in [3.8, 4) is 0 Å². The van der Waals surface area contributed by atoms with Gasteiger partial charge in [0.25, 0.3) is 0 Å². The predicted molar refractivity (Wildman–Crippen MR) is 64.9 cm³/mol. The molecule has 0 aliphatic carbocycles. The summed E-state index contributed by atoms with van der Waals surface area (Å²) in [5.74, 6) is 0.446. The predicted octanol–water partition coefficient (Wildman–Crippen LogP) is 2.31. The number of rotatable bonds is 5. The third kappa shape index (κ3) is 4.01. The quantitative estimate of drug-likeness (QED) is 0.809. The van der Waals surface area contributed by atoms with Crippen LogP contribution in [0.4, 0.5) is 5.69 Å². The number of hydrogen-bond donors (Lipinski definition) is 2. The van der Waals surface area contributed by atoms with Crippen molar-refractivity contribution in [1.29, 1.82) is 0 Å². The van der Waals surface area contributed by atoms with Gasteiger partial charge in [0.05, 0.1) is 11.6 Å². The molecule has 3 nitrogen and oxygen atoms in total. The van der Waals surface area contributed by atoms with Gasteiger partial charge in [0.1, 0.15) is 0 Å². The number of carbonyl (C=O) groups excluding carboxylic acids is 1. The van der Waals surface area contributed by atoms with Crippen molar-refractivity contribution in [3.05, 3.63) is 16.8 Å². The van der Waals surface area contributed by atoms with Crippen molar-refractivity contribution in [1.82, 2.24) is 0 Å². The molecule has 1 rings (SSSR count). The fourth-order valence-corrected chi connectivity index (χ4v) is 2.05. The van der Waals surface area contributed by atoms with Gasteiger partial charge < -0.3 is 11.1 Å². The van der Waals surface area contributed by atoms with E-state index in [1.807, 2.05) is 16.8 Å². The number of amides is 1. The molecule has 1 heterocycles. The first kappa shape index (κ1) is 12.2. The zero-order valence-corrected chi connectivity index (χ0v) is 10.0. The maximum Gasteiger partial charge on any atom is 0.228 e. The molecule has 0 spiro atoms. The van der Waals surface area contributed by atoms with Crippen LogP contribution < -0.4 is 11.1 Å². The molecule has 1 aromatic rings. The Morgan fingerprint density at radius 1 is 1.60 bits per heavy atom. The Bertz CT molecular complexity index is 296. The molecule has 1 aromatic heterocycles. The molecule has 0 bridgehead atoms. The third-order valence-electron chi connectivity index (χ3n) is 2.20. The van der Waals surface area contributed by atoms with E-state index in [9.17, 15) is 4.79 Å². The second-order valence-corrected chi connectivity index (χ2v) is 4.84. The molecule has 0 aliphatic heterocycles. The fourth-order valence-electron chi connectivity index (χ4n) is 1.46.